The average molecular weight is 329 g/mol. The number of ether oxygens (including phenoxy) is 1. The van der Waals surface area contributed by atoms with E-state index in [0.717, 1.165) is 6.42 Å². The summed E-state index contributed by atoms with van der Waals surface area (Å²) in [4.78, 5) is 12.0. The third kappa shape index (κ3) is 6.54. The number of aliphatic hydroxyl groups excluding tert-OH is 1. The Morgan fingerprint density at radius 1 is 1.41 bits per heavy atom. The summed E-state index contributed by atoms with van der Waals surface area (Å²) in [5.74, 6) is 1.41. The second-order valence-corrected chi connectivity index (χ2v) is 6.10. The Bertz CT molecular complexity index is 480. The SMILES string of the molecule is COc1ccc(Cl)c(NC(=O)NCC(CCO)CC(C)C)c1. The van der Waals surface area contributed by atoms with Gasteiger partial charge in [0.05, 0.1) is 17.8 Å². The Kier molecular flexibility index (Phi) is 8.06. The first-order chi connectivity index (χ1) is 10.5. The van der Waals surface area contributed by atoms with Crippen molar-refractivity contribution < 1.29 is 14.6 Å². The topological polar surface area (TPSA) is 70.6 Å². The lowest BCUT2D eigenvalue weighted by Crippen LogP contribution is -2.34. The maximum atomic E-state index is 12.0. The Morgan fingerprint density at radius 3 is 2.73 bits per heavy atom. The zero-order valence-corrected chi connectivity index (χ0v) is 14.1. The number of amides is 2. The Hall–Kier alpha value is -1.46. The lowest BCUT2D eigenvalue weighted by molar-refractivity contribution is 0.231. The van der Waals surface area contributed by atoms with Gasteiger partial charge in [0, 0.05) is 19.2 Å². The van der Waals surface area contributed by atoms with Crippen LogP contribution in [-0.4, -0.2) is 31.4 Å². The smallest absolute Gasteiger partial charge is 0.319 e. The van der Waals surface area contributed by atoms with Crippen molar-refractivity contribution in [3.05, 3.63) is 23.2 Å². The fourth-order valence-corrected chi connectivity index (χ4v) is 2.45. The van der Waals surface area contributed by atoms with Crippen LogP contribution in [0, 0.1) is 11.8 Å². The van der Waals surface area contributed by atoms with E-state index in [1.165, 1.54) is 0 Å². The van der Waals surface area contributed by atoms with Crippen LogP contribution in [0.1, 0.15) is 26.7 Å². The number of anilines is 1. The maximum Gasteiger partial charge on any atom is 0.319 e. The minimum Gasteiger partial charge on any atom is -0.497 e. The highest BCUT2D eigenvalue weighted by atomic mass is 35.5. The van der Waals surface area contributed by atoms with E-state index < -0.39 is 0 Å². The van der Waals surface area contributed by atoms with E-state index in [4.69, 9.17) is 21.4 Å². The predicted octanol–water partition coefficient (Wildman–Crippen LogP) is 3.51. The fourth-order valence-electron chi connectivity index (χ4n) is 2.28. The second-order valence-electron chi connectivity index (χ2n) is 5.69. The van der Waals surface area contributed by atoms with Crippen molar-refractivity contribution in [1.82, 2.24) is 5.32 Å². The van der Waals surface area contributed by atoms with Gasteiger partial charge in [0.2, 0.25) is 0 Å². The van der Waals surface area contributed by atoms with E-state index in [1.54, 1.807) is 25.3 Å². The van der Waals surface area contributed by atoms with Gasteiger partial charge < -0.3 is 20.5 Å². The number of methoxy groups -OCH3 is 1. The highest BCUT2D eigenvalue weighted by molar-refractivity contribution is 6.33. The molecule has 1 atom stereocenters. The molecule has 1 aromatic carbocycles. The van der Waals surface area contributed by atoms with E-state index in [1.807, 2.05) is 0 Å². The number of halogens is 1. The molecule has 0 radical (unpaired) electrons. The van der Waals surface area contributed by atoms with Crippen LogP contribution in [0.4, 0.5) is 10.5 Å². The molecule has 0 spiro atoms. The van der Waals surface area contributed by atoms with Crippen LogP contribution in [0.25, 0.3) is 0 Å². The molecule has 0 saturated carbocycles. The van der Waals surface area contributed by atoms with E-state index in [9.17, 15) is 4.79 Å². The fraction of sp³-hybridized carbons (Fsp3) is 0.562. The van der Waals surface area contributed by atoms with Crippen LogP contribution in [0.3, 0.4) is 0 Å². The van der Waals surface area contributed by atoms with Gasteiger partial charge in [0.1, 0.15) is 5.75 Å². The molecular weight excluding hydrogens is 304 g/mol. The molecular formula is C16H25ClN2O3. The maximum absolute atomic E-state index is 12.0. The lowest BCUT2D eigenvalue weighted by Gasteiger charge is -2.19. The van der Waals surface area contributed by atoms with Crippen molar-refractivity contribution >= 4 is 23.3 Å². The lowest BCUT2D eigenvalue weighted by atomic mass is 9.94. The Labute approximate surface area is 137 Å². The predicted molar refractivity (Wildman–Crippen MR) is 89.7 cm³/mol. The van der Waals surface area contributed by atoms with Gasteiger partial charge in [-0.2, -0.15) is 0 Å². The molecule has 6 heteroatoms. The molecule has 0 heterocycles. The number of nitrogens with one attached hydrogen (secondary N) is 2. The quantitative estimate of drug-likeness (QED) is 0.684. The van der Waals surface area contributed by atoms with Gasteiger partial charge >= 0.3 is 6.03 Å². The van der Waals surface area contributed by atoms with Crippen molar-refractivity contribution in [3.8, 4) is 5.75 Å². The molecule has 22 heavy (non-hydrogen) atoms. The van der Waals surface area contributed by atoms with Crippen molar-refractivity contribution in [2.24, 2.45) is 11.8 Å². The third-order valence-corrected chi connectivity index (χ3v) is 3.64. The van der Waals surface area contributed by atoms with E-state index in [-0.39, 0.29) is 18.6 Å². The minimum atomic E-state index is -0.318. The molecule has 5 nitrogen and oxygen atoms in total. The number of carbonyl (C=O) groups excluding carboxylic acids is 1. The highest BCUT2D eigenvalue weighted by Crippen LogP contribution is 2.26. The van der Waals surface area contributed by atoms with Crippen LogP contribution >= 0.6 is 11.6 Å². The highest BCUT2D eigenvalue weighted by Gasteiger charge is 2.13. The summed E-state index contributed by atoms with van der Waals surface area (Å²) in [6.07, 6.45) is 1.64. The Morgan fingerprint density at radius 2 is 2.14 bits per heavy atom. The molecule has 1 rings (SSSR count). The minimum absolute atomic E-state index is 0.127. The molecule has 3 N–H and O–H groups in total. The van der Waals surface area contributed by atoms with Crippen molar-refractivity contribution in [2.75, 3.05) is 25.6 Å². The standard InChI is InChI=1S/C16H25ClN2O3/c1-11(2)8-12(6-7-20)10-18-16(21)19-15-9-13(22-3)4-5-14(15)17/h4-5,9,11-12,20H,6-8,10H2,1-3H3,(H2,18,19,21). The van der Waals surface area contributed by atoms with Crippen LogP contribution in [0.5, 0.6) is 5.75 Å². The van der Waals surface area contributed by atoms with Crippen LogP contribution < -0.4 is 15.4 Å². The number of rotatable bonds is 8. The van der Waals surface area contributed by atoms with Crippen molar-refractivity contribution in [1.29, 1.82) is 0 Å². The summed E-state index contributed by atoms with van der Waals surface area (Å²) < 4.78 is 5.11. The number of aliphatic hydroxyl groups is 1. The summed E-state index contributed by atoms with van der Waals surface area (Å²) >= 11 is 6.05. The zero-order chi connectivity index (χ0) is 16.5. The molecule has 124 valence electrons. The summed E-state index contributed by atoms with van der Waals surface area (Å²) in [5.41, 5.74) is 0.501. The first kappa shape index (κ1) is 18.6. The molecule has 2 amide bonds. The van der Waals surface area contributed by atoms with Crippen LogP contribution in [-0.2, 0) is 0 Å². The van der Waals surface area contributed by atoms with Gasteiger partial charge in [-0.15, -0.1) is 0 Å². The first-order valence-electron chi connectivity index (χ1n) is 7.45. The number of benzene rings is 1. The van der Waals surface area contributed by atoms with Gasteiger partial charge in [0.15, 0.2) is 0 Å². The number of hydrogen-bond donors (Lipinski definition) is 3. The first-order valence-corrected chi connectivity index (χ1v) is 7.83. The van der Waals surface area contributed by atoms with Gasteiger partial charge in [0.25, 0.3) is 0 Å². The van der Waals surface area contributed by atoms with E-state index in [2.05, 4.69) is 24.5 Å². The number of carbonyl (C=O) groups is 1. The number of urea groups is 1. The van der Waals surface area contributed by atoms with Crippen LogP contribution in [0.15, 0.2) is 18.2 Å². The second kappa shape index (κ2) is 9.54. The normalized spacial score (nSPS) is 12.1. The molecule has 0 saturated heterocycles. The van der Waals surface area contributed by atoms with Crippen molar-refractivity contribution in [2.45, 2.75) is 26.7 Å². The molecule has 0 aliphatic heterocycles. The van der Waals surface area contributed by atoms with Gasteiger partial charge in [-0.1, -0.05) is 25.4 Å². The number of hydrogen-bond acceptors (Lipinski definition) is 3. The Balaban J connectivity index is 2.54. The largest absolute Gasteiger partial charge is 0.497 e. The molecule has 0 aliphatic rings. The van der Waals surface area contributed by atoms with Gasteiger partial charge in [-0.3, -0.25) is 0 Å². The monoisotopic (exact) mass is 328 g/mol. The summed E-state index contributed by atoms with van der Waals surface area (Å²) in [7, 11) is 1.55. The van der Waals surface area contributed by atoms with E-state index in [0.29, 0.717) is 35.3 Å². The zero-order valence-electron chi connectivity index (χ0n) is 13.4. The molecule has 0 aromatic heterocycles. The molecule has 1 unspecified atom stereocenters. The molecule has 0 aliphatic carbocycles. The van der Waals surface area contributed by atoms with Gasteiger partial charge in [-0.05, 0) is 36.8 Å². The molecule has 0 fully saturated rings. The summed E-state index contributed by atoms with van der Waals surface area (Å²) in [6.45, 7) is 4.90. The summed E-state index contributed by atoms with van der Waals surface area (Å²) in [6, 6.07) is 4.75. The van der Waals surface area contributed by atoms with Crippen LogP contribution in [0.2, 0.25) is 5.02 Å². The third-order valence-electron chi connectivity index (χ3n) is 3.32. The summed E-state index contributed by atoms with van der Waals surface area (Å²) in [5, 5.41) is 15.1. The molecule has 0 bridgehead atoms. The van der Waals surface area contributed by atoms with E-state index >= 15 is 0 Å². The van der Waals surface area contributed by atoms with Crippen molar-refractivity contribution in [3.63, 3.8) is 0 Å². The van der Waals surface area contributed by atoms with Gasteiger partial charge in [-0.25, -0.2) is 4.79 Å². The average Bonchev–Trinajstić information content (AvgIpc) is 2.47. The molecule has 1 aromatic rings.